The van der Waals surface area contributed by atoms with Gasteiger partial charge in [-0.2, -0.15) is 5.10 Å². The molecule has 2 rings (SSSR count). The molecule has 1 aromatic rings. The van der Waals surface area contributed by atoms with Crippen LogP contribution in [0.3, 0.4) is 0 Å². The summed E-state index contributed by atoms with van der Waals surface area (Å²) in [5.41, 5.74) is 6.36. The van der Waals surface area contributed by atoms with E-state index >= 15 is 0 Å². The van der Waals surface area contributed by atoms with Crippen molar-refractivity contribution in [1.29, 1.82) is 0 Å². The lowest BCUT2D eigenvalue weighted by Crippen LogP contribution is -2.26. The van der Waals surface area contributed by atoms with Crippen molar-refractivity contribution in [1.82, 2.24) is 9.78 Å². The first-order chi connectivity index (χ1) is 8.58. The van der Waals surface area contributed by atoms with Crippen LogP contribution in [0.2, 0.25) is 0 Å². The van der Waals surface area contributed by atoms with Crippen molar-refractivity contribution in [2.75, 3.05) is 11.9 Å². The number of hydrogen-bond donors (Lipinski definition) is 2. The Balaban J connectivity index is 2.03. The van der Waals surface area contributed by atoms with Crippen LogP contribution in [0.25, 0.3) is 0 Å². The molecular weight excluding hydrogens is 296 g/mol. The Hall–Kier alpha value is -0.880. The summed E-state index contributed by atoms with van der Waals surface area (Å²) in [6, 6.07) is 0.152. The quantitative estimate of drug-likeness (QED) is 0.836. The van der Waals surface area contributed by atoms with E-state index in [0.29, 0.717) is 10.4 Å². The monoisotopic (exact) mass is 314 g/mol. The highest BCUT2D eigenvalue weighted by Crippen LogP contribution is 2.30. The van der Waals surface area contributed by atoms with Gasteiger partial charge in [0.05, 0.1) is 11.9 Å². The Labute approximate surface area is 115 Å². The molecule has 6 heteroatoms. The van der Waals surface area contributed by atoms with Crippen molar-refractivity contribution in [3.63, 3.8) is 0 Å². The maximum Gasteiger partial charge on any atom is 0.283 e. The highest BCUT2D eigenvalue weighted by Gasteiger charge is 2.23. The number of nitrogens with one attached hydrogen (secondary N) is 1. The maximum atomic E-state index is 12.0. The van der Waals surface area contributed by atoms with Crippen molar-refractivity contribution < 1.29 is 0 Å². The lowest BCUT2D eigenvalue weighted by Gasteiger charge is -2.11. The predicted octanol–water partition coefficient (Wildman–Crippen LogP) is 1.56. The Kier molecular flexibility index (Phi) is 4.40. The first-order valence-electron chi connectivity index (χ1n) is 6.33. The molecule has 0 aliphatic heterocycles. The van der Waals surface area contributed by atoms with Gasteiger partial charge in [-0.05, 0) is 48.0 Å². The van der Waals surface area contributed by atoms with Gasteiger partial charge in [-0.1, -0.05) is 0 Å². The number of nitrogens with two attached hydrogens (primary N) is 1. The van der Waals surface area contributed by atoms with Crippen LogP contribution in [-0.2, 0) is 6.54 Å². The average Bonchev–Trinajstić information content (AvgIpc) is 3.11. The summed E-state index contributed by atoms with van der Waals surface area (Å²) in [6.07, 6.45) is 4.98. The van der Waals surface area contributed by atoms with Gasteiger partial charge in [0.1, 0.15) is 4.47 Å². The third kappa shape index (κ3) is 3.55. The molecule has 3 N–H and O–H groups in total. The minimum absolute atomic E-state index is 0.0623. The minimum atomic E-state index is -0.0623. The zero-order valence-electron chi connectivity index (χ0n) is 10.5. The minimum Gasteiger partial charge on any atom is -0.383 e. The number of aromatic nitrogens is 2. The molecule has 1 aliphatic carbocycles. The Bertz CT molecular complexity index is 468. The van der Waals surface area contributed by atoms with E-state index in [1.165, 1.54) is 12.8 Å². The third-order valence-electron chi connectivity index (χ3n) is 3.03. The van der Waals surface area contributed by atoms with Gasteiger partial charge in [-0.15, -0.1) is 0 Å². The van der Waals surface area contributed by atoms with Gasteiger partial charge in [0.25, 0.3) is 5.56 Å². The third-order valence-corrected chi connectivity index (χ3v) is 3.79. The van der Waals surface area contributed by atoms with E-state index in [1.54, 1.807) is 10.9 Å². The van der Waals surface area contributed by atoms with E-state index in [-0.39, 0.29) is 11.6 Å². The van der Waals surface area contributed by atoms with Gasteiger partial charge in [0.15, 0.2) is 0 Å². The normalized spacial score (nSPS) is 16.6. The van der Waals surface area contributed by atoms with E-state index in [2.05, 4.69) is 26.3 Å². The lowest BCUT2D eigenvalue weighted by molar-refractivity contribution is 0.531. The summed E-state index contributed by atoms with van der Waals surface area (Å²) in [6.45, 7) is 3.43. The Morgan fingerprint density at radius 3 is 3.00 bits per heavy atom. The summed E-state index contributed by atoms with van der Waals surface area (Å²) in [5, 5.41) is 7.38. The Morgan fingerprint density at radius 2 is 2.39 bits per heavy atom. The fraction of sp³-hybridized carbons (Fsp3) is 0.667. The molecule has 100 valence electrons. The summed E-state index contributed by atoms with van der Waals surface area (Å²) < 4.78 is 2.10. The Morgan fingerprint density at radius 1 is 1.67 bits per heavy atom. The summed E-state index contributed by atoms with van der Waals surface area (Å²) in [4.78, 5) is 12.0. The van der Waals surface area contributed by atoms with Gasteiger partial charge in [-0.3, -0.25) is 4.79 Å². The largest absolute Gasteiger partial charge is 0.383 e. The fourth-order valence-corrected chi connectivity index (χ4v) is 2.15. The fourth-order valence-electron chi connectivity index (χ4n) is 1.70. The van der Waals surface area contributed by atoms with Gasteiger partial charge >= 0.3 is 0 Å². The van der Waals surface area contributed by atoms with Crippen LogP contribution < -0.4 is 16.6 Å². The van der Waals surface area contributed by atoms with Crippen molar-refractivity contribution in [2.24, 2.45) is 11.7 Å². The smallest absolute Gasteiger partial charge is 0.283 e. The predicted molar refractivity (Wildman–Crippen MR) is 75.7 cm³/mol. The van der Waals surface area contributed by atoms with E-state index < -0.39 is 0 Å². The van der Waals surface area contributed by atoms with Crippen LogP contribution in [0.5, 0.6) is 0 Å². The molecule has 1 aromatic heterocycles. The average molecular weight is 315 g/mol. The molecule has 0 spiro atoms. The zero-order chi connectivity index (χ0) is 13.1. The number of hydrogen-bond acceptors (Lipinski definition) is 4. The van der Waals surface area contributed by atoms with Gasteiger partial charge in [-0.25, -0.2) is 4.68 Å². The molecule has 1 atom stereocenters. The van der Waals surface area contributed by atoms with Crippen LogP contribution in [0.1, 0.15) is 26.2 Å². The van der Waals surface area contributed by atoms with Crippen molar-refractivity contribution in [3.05, 3.63) is 21.0 Å². The summed E-state index contributed by atoms with van der Waals surface area (Å²) in [5.74, 6) is 0.638. The second-order valence-corrected chi connectivity index (χ2v) is 5.79. The van der Waals surface area contributed by atoms with E-state index in [1.807, 2.05) is 6.92 Å². The van der Waals surface area contributed by atoms with E-state index in [9.17, 15) is 4.79 Å². The van der Waals surface area contributed by atoms with Crippen molar-refractivity contribution >= 4 is 21.6 Å². The first kappa shape index (κ1) is 13.5. The van der Waals surface area contributed by atoms with Crippen LogP contribution in [-0.4, -0.2) is 22.4 Å². The van der Waals surface area contributed by atoms with Crippen LogP contribution in [0.4, 0.5) is 5.69 Å². The summed E-state index contributed by atoms with van der Waals surface area (Å²) in [7, 11) is 0. The number of rotatable bonds is 6. The molecule has 0 amide bonds. The molecule has 0 aromatic carbocycles. The molecule has 1 aliphatic rings. The number of nitrogens with zero attached hydrogens (tertiary/aromatic N) is 2. The maximum absolute atomic E-state index is 12.0. The second-order valence-electron chi connectivity index (χ2n) is 5.00. The molecule has 0 saturated heterocycles. The second kappa shape index (κ2) is 5.84. The summed E-state index contributed by atoms with van der Waals surface area (Å²) >= 11 is 3.34. The molecule has 0 radical (unpaired) electrons. The highest BCUT2D eigenvalue weighted by molar-refractivity contribution is 9.10. The molecule has 18 heavy (non-hydrogen) atoms. The van der Waals surface area contributed by atoms with Crippen molar-refractivity contribution in [3.8, 4) is 0 Å². The molecule has 1 fully saturated rings. The van der Waals surface area contributed by atoms with Crippen LogP contribution >= 0.6 is 15.9 Å². The molecule has 1 saturated carbocycles. The molecule has 1 unspecified atom stereocenters. The molecule has 5 nitrogen and oxygen atoms in total. The van der Waals surface area contributed by atoms with Gasteiger partial charge < -0.3 is 11.1 Å². The van der Waals surface area contributed by atoms with Crippen LogP contribution in [0, 0.1) is 5.92 Å². The highest BCUT2D eigenvalue weighted by atomic mass is 79.9. The first-order valence-corrected chi connectivity index (χ1v) is 7.12. The van der Waals surface area contributed by atoms with Crippen LogP contribution in [0.15, 0.2) is 15.5 Å². The zero-order valence-corrected chi connectivity index (χ0v) is 12.1. The molecule has 0 bridgehead atoms. The standard InChI is InChI=1S/C12H19BrN4O/c1-8(14)4-5-15-10-6-16-17(7-9-2-3-9)12(18)11(10)13/h6,8-9,15H,2-5,7,14H2,1H3. The number of anilines is 1. The van der Waals surface area contributed by atoms with Gasteiger partial charge in [0, 0.05) is 19.1 Å². The topological polar surface area (TPSA) is 72.9 Å². The molecule has 1 heterocycles. The van der Waals surface area contributed by atoms with E-state index in [4.69, 9.17) is 5.73 Å². The number of halogens is 1. The molecular formula is C12H19BrN4O. The van der Waals surface area contributed by atoms with E-state index in [0.717, 1.165) is 25.2 Å². The van der Waals surface area contributed by atoms with Gasteiger partial charge in [0.2, 0.25) is 0 Å². The van der Waals surface area contributed by atoms with Crippen molar-refractivity contribution in [2.45, 2.75) is 38.8 Å². The SMILES string of the molecule is CC(N)CCNc1cnn(CC2CC2)c(=O)c1Br. The lowest BCUT2D eigenvalue weighted by atomic mass is 10.2.